The molecule has 0 aliphatic heterocycles. The predicted molar refractivity (Wildman–Crippen MR) is 98.1 cm³/mol. The molecule has 3 nitrogen and oxygen atoms in total. The lowest BCUT2D eigenvalue weighted by molar-refractivity contribution is -0.138. The minimum atomic E-state index is -1.67. The van der Waals surface area contributed by atoms with Crippen molar-refractivity contribution in [1.29, 1.82) is 0 Å². The maximum absolute atomic E-state index is 11.4. The highest BCUT2D eigenvalue weighted by molar-refractivity contribution is 6.85. The summed E-state index contributed by atoms with van der Waals surface area (Å²) < 4.78 is 11.9. The van der Waals surface area contributed by atoms with Crippen molar-refractivity contribution >= 4 is 22.6 Å². The summed E-state index contributed by atoms with van der Waals surface area (Å²) in [5.41, 5.74) is 1.30. The number of ether oxygens (including phenoxy) is 1. The number of rotatable bonds is 8. The molecule has 0 N–H and O–H groups in total. The van der Waals surface area contributed by atoms with E-state index in [1.54, 1.807) is 6.92 Å². The van der Waals surface area contributed by atoms with Crippen LogP contribution in [0.5, 0.6) is 0 Å². The molecule has 0 amide bonds. The second-order valence-corrected chi connectivity index (χ2v) is 16.7. The van der Waals surface area contributed by atoms with E-state index in [1.807, 2.05) is 0 Å². The summed E-state index contributed by atoms with van der Waals surface area (Å²) in [5.74, 6) is -0.280. The zero-order valence-electron chi connectivity index (χ0n) is 15.2. The summed E-state index contributed by atoms with van der Waals surface area (Å²) >= 11 is 0. The number of hydrogen-bond acceptors (Lipinski definition) is 3. The molecular weight excluding hydrogens is 308 g/mol. The highest BCUT2D eigenvalue weighted by atomic mass is 28.4. The van der Waals surface area contributed by atoms with Crippen LogP contribution in [-0.4, -0.2) is 29.2 Å². The average molecular weight is 343 g/mol. The topological polar surface area (TPSA) is 35.5 Å². The molecule has 0 atom stereocenters. The van der Waals surface area contributed by atoms with Gasteiger partial charge in [0.25, 0.3) is 0 Å². The fourth-order valence-corrected chi connectivity index (χ4v) is 13.0. The van der Waals surface area contributed by atoms with Crippen molar-refractivity contribution < 1.29 is 13.6 Å². The first-order chi connectivity index (χ1) is 10.1. The van der Waals surface area contributed by atoms with Crippen LogP contribution >= 0.6 is 0 Å². The van der Waals surface area contributed by atoms with Gasteiger partial charge in [0.05, 0.1) is 6.61 Å². The molecule has 0 aromatic rings. The Morgan fingerprint density at radius 1 is 1.14 bits per heavy atom. The van der Waals surface area contributed by atoms with Gasteiger partial charge in [0.1, 0.15) is 0 Å². The van der Waals surface area contributed by atoms with E-state index in [0.717, 1.165) is 18.0 Å². The number of esters is 1. The molecule has 1 aliphatic carbocycles. The second kappa shape index (κ2) is 8.45. The fraction of sp³-hybridized carbons (Fsp3) is 0.824. The van der Waals surface area contributed by atoms with Gasteiger partial charge in [0.2, 0.25) is 0 Å². The monoisotopic (exact) mass is 342 g/mol. The highest BCUT2D eigenvalue weighted by Gasteiger charge is 2.39. The maximum atomic E-state index is 11.4. The maximum Gasteiger partial charge on any atom is 0.333 e. The molecule has 22 heavy (non-hydrogen) atoms. The molecule has 1 saturated carbocycles. The van der Waals surface area contributed by atoms with Crippen molar-refractivity contribution in [2.75, 3.05) is 6.61 Å². The van der Waals surface area contributed by atoms with Crippen LogP contribution in [0.2, 0.25) is 37.8 Å². The van der Waals surface area contributed by atoms with Gasteiger partial charge in [0.15, 0.2) is 16.6 Å². The van der Waals surface area contributed by atoms with Crippen LogP contribution in [0.25, 0.3) is 0 Å². The van der Waals surface area contributed by atoms with Gasteiger partial charge in [-0.1, -0.05) is 38.7 Å². The molecule has 128 valence electrons. The Morgan fingerprint density at radius 2 is 1.73 bits per heavy atom. The lowest BCUT2D eigenvalue weighted by atomic mass is 10.0. The van der Waals surface area contributed by atoms with Crippen molar-refractivity contribution in [3.05, 3.63) is 12.2 Å². The van der Waals surface area contributed by atoms with Crippen LogP contribution in [0, 0.1) is 0 Å². The van der Waals surface area contributed by atoms with Crippen LogP contribution in [-0.2, 0) is 13.6 Å². The molecule has 0 aromatic carbocycles. The summed E-state index contributed by atoms with van der Waals surface area (Å²) in [4.78, 5) is 11.4. The minimum absolute atomic E-state index is 0.280. The van der Waals surface area contributed by atoms with Crippen LogP contribution in [0.1, 0.15) is 45.4 Å². The summed E-state index contributed by atoms with van der Waals surface area (Å²) in [6.45, 7) is 15.2. The molecule has 0 heterocycles. The Labute approximate surface area is 138 Å². The summed E-state index contributed by atoms with van der Waals surface area (Å²) in [7, 11) is -3.27. The average Bonchev–Trinajstić information content (AvgIpc) is 2.43. The van der Waals surface area contributed by atoms with Gasteiger partial charge < -0.3 is 8.85 Å². The normalized spacial score (nSPS) is 17.3. The smallest absolute Gasteiger partial charge is 0.333 e. The minimum Gasteiger partial charge on any atom is -0.462 e. The quantitative estimate of drug-likeness (QED) is 0.261. The predicted octanol–water partition coefficient (Wildman–Crippen LogP) is 5.26. The third kappa shape index (κ3) is 6.79. The lowest BCUT2D eigenvalue weighted by Gasteiger charge is -2.41. The van der Waals surface area contributed by atoms with Crippen molar-refractivity contribution in [2.24, 2.45) is 0 Å². The van der Waals surface area contributed by atoms with E-state index >= 15 is 0 Å². The van der Waals surface area contributed by atoms with Crippen LogP contribution < -0.4 is 0 Å². The highest BCUT2D eigenvalue weighted by Crippen LogP contribution is 2.39. The van der Waals surface area contributed by atoms with Crippen molar-refractivity contribution in [3.8, 4) is 0 Å². The van der Waals surface area contributed by atoms with E-state index in [0.29, 0.717) is 12.2 Å². The van der Waals surface area contributed by atoms with Crippen LogP contribution in [0.3, 0.4) is 0 Å². The van der Waals surface area contributed by atoms with Crippen LogP contribution in [0.15, 0.2) is 12.2 Å². The largest absolute Gasteiger partial charge is 0.462 e. The zero-order valence-corrected chi connectivity index (χ0v) is 17.2. The number of carbonyl (C=O) groups excluding carboxylic acids is 1. The number of hydrogen-bond donors (Lipinski definition) is 0. The van der Waals surface area contributed by atoms with E-state index < -0.39 is 16.6 Å². The molecule has 0 spiro atoms. The Kier molecular flexibility index (Phi) is 7.55. The lowest BCUT2D eigenvalue weighted by Crippen LogP contribution is -2.47. The molecule has 1 rings (SSSR count). The first kappa shape index (κ1) is 19.7. The van der Waals surface area contributed by atoms with Gasteiger partial charge in [-0.05, 0) is 51.1 Å². The zero-order chi connectivity index (χ0) is 16.8. The summed E-state index contributed by atoms with van der Waals surface area (Å²) in [5, 5.41) is 0. The Morgan fingerprint density at radius 3 is 2.27 bits per heavy atom. The standard InChI is InChI=1S/C17H34O3Si2/c1-15(2)17(18)19-13-10-14-21(3,4)20-22(5,6)16-11-8-7-9-12-16/h16H,1,7-14H2,2-6H3. The first-order valence-corrected chi connectivity index (χ1v) is 14.8. The van der Waals surface area contributed by atoms with E-state index in [-0.39, 0.29) is 5.97 Å². The molecular formula is C17H34O3Si2. The molecule has 0 radical (unpaired) electrons. The Balaban J connectivity index is 2.38. The van der Waals surface area contributed by atoms with E-state index in [1.165, 1.54) is 32.1 Å². The molecule has 0 unspecified atom stereocenters. The molecule has 5 heteroatoms. The van der Waals surface area contributed by atoms with Gasteiger partial charge in [-0.15, -0.1) is 0 Å². The SMILES string of the molecule is C=C(C)C(=O)OCCC[Si](C)(C)O[Si](C)(C)C1CCCCC1. The van der Waals surface area contributed by atoms with Gasteiger partial charge in [-0.25, -0.2) is 4.79 Å². The molecule has 0 saturated heterocycles. The van der Waals surface area contributed by atoms with E-state index in [9.17, 15) is 4.79 Å². The first-order valence-electron chi connectivity index (χ1n) is 8.67. The van der Waals surface area contributed by atoms with Gasteiger partial charge in [0, 0.05) is 5.57 Å². The molecule has 1 fully saturated rings. The third-order valence-electron chi connectivity index (χ3n) is 4.63. The Bertz CT molecular complexity index is 385. The second-order valence-electron chi connectivity index (χ2n) is 7.82. The van der Waals surface area contributed by atoms with Crippen molar-refractivity contribution in [3.63, 3.8) is 0 Å². The fourth-order valence-electron chi connectivity index (χ4n) is 3.43. The number of carbonyl (C=O) groups is 1. The third-order valence-corrected chi connectivity index (χ3v) is 13.0. The molecule has 0 bridgehead atoms. The van der Waals surface area contributed by atoms with E-state index in [2.05, 4.69) is 32.8 Å². The van der Waals surface area contributed by atoms with Crippen molar-refractivity contribution in [2.45, 2.75) is 83.2 Å². The van der Waals surface area contributed by atoms with Gasteiger partial charge in [-0.2, -0.15) is 0 Å². The Hall–Kier alpha value is -0.396. The van der Waals surface area contributed by atoms with Gasteiger partial charge >= 0.3 is 5.97 Å². The van der Waals surface area contributed by atoms with Gasteiger partial charge in [-0.3, -0.25) is 0 Å². The summed E-state index contributed by atoms with van der Waals surface area (Å²) in [6.07, 6.45) is 7.77. The van der Waals surface area contributed by atoms with Crippen LogP contribution in [0.4, 0.5) is 0 Å². The summed E-state index contributed by atoms with van der Waals surface area (Å²) in [6, 6.07) is 1.06. The molecule has 1 aliphatic rings. The molecule has 0 aromatic heterocycles. The van der Waals surface area contributed by atoms with E-state index in [4.69, 9.17) is 8.85 Å². The van der Waals surface area contributed by atoms with Crippen molar-refractivity contribution in [1.82, 2.24) is 0 Å².